The van der Waals surface area contributed by atoms with Crippen LogP contribution < -0.4 is 30.9 Å². The van der Waals surface area contributed by atoms with Crippen LogP contribution in [-0.2, 0) is 4.79 Å². The minimum Gasteiger partial charge on any atom is -0.497 e. The molecule has 2 aliphatic heterocycles. The fourth-order valence-corrected chi connectivity index (χ4v) is 5.63. The normalized spacial score (nSPS) is 17.1. The second kappa shape index (κ2) is 13.6. The van der Waals surface area contributed by atoms with Gasteiger partial charge in [0, 0.05) is 69.2 Å². The van der Waals surface area contributed by atoms with Crippen LogP contribution in [0.2, 0.25) is 0 Å². The zero-order chi connectivity index (χ0) is 31.2. The second-order valence-corrected chi connectivity index (χ2v) is 11.3. The number of primary amides is 1. The molecule has 3 heterocycles. The van der Waals surface area contributed by atoms with E-state index in [0.717, 1.165) is 44.5 Å². The molecule has 5 rings (SSSR count). The molecular weight excluding hydrogens is 562 g/mol. The summed E-state index contributed by atoms with van der Waals surface area (Å²) in [6.45, 7) is 2.78. The van der Waals surface area contributed by atoms with Gasteiger partial charge in [-0.05, 0) is 74.2 Å². The fraction of sp³-hybridized carbons (Fsp3) is 0.419. The molecular formula is C31H39N9O4. The molecule has 2 aromatic carbocycles. The zero-order valence-corrected chi connectivity index (χ0v) is 25.3. The van der Waals surface area contributed by atoms with Crippen molar-refractivity contribution in [3.05, 3.63) is 59.8 Å². The van der Waals surface area contributed by atoms with Gasteiger partial charge in [-0.3, -0.25) is 14.4 Å². The van der Waals surface area contributed by atoms with Gasteiger partial charge in [0.2, 0.25) is 11.9 Å². The number of aromatic nitrogens is 3. The third-order valence-corrected chi connectivity index (χ3v) is 8.08. The molecule has 3 amide bonds. The third kappa shape index (κ3) is 7.16. The van der Waals surface area contributed by atoms with Crippen LogP contribution in [0.1, 0.15) is 46.5 Å². The van der Waals surface area contributed by atoms with Crippen LogP contribution in [0.3, 0.4) is 0 Å². The van der Waals surface area contributed by atoms with Gasteiger partial charge in [0.15, 0.2) is 11.5 Å². The average molecular weight is 602 g/mol. The molecule has 1 unspecified atom stereocenters. The zero-order valence-electron chi connectivity index (χ0n) is 25.3. The van der Waals surface area contributed by atoms with Crippen molar-refractivity contribution in [3.63, 3.8) is 0 Å². The molecule has 13 nitrogen and oxygen atoms in total. The van der Waals surface area contributed by atoms with Crippen LogP contribution in [-0.4, -0.2) is 91.2 Å². The molecule has 4 N–H and O–H groups in total. The molecule has 1 aromatic heterocycles. The Hall–Kier alpha value is -4.94. The van der Waals surface area contributed by atoms with E-state index in [2.05, 4.69) is 30.7 Å². The van der Waals surface area contributed by atoms with Crippen molar-refractivity contribution in [3.8, 4) is 5.75 Å². The minimum absolute atomic E-state index is 0.0631. The second-order valence-electron chi connectivity index (χ2n) is 11.3. The lowest BCUT2D eigenvalue weighted by Gasteiger charge is -2.34. The van der Waals surface area contributed by atoms with E-state index in [-0.39, 0.29) is 35.3 Å². The number of nitrogens with two attached hydrogens (primary N) is 1. The Labute approximate surface area is 256 Å². The van der Waals surface area contributed by atoms with Gasteiger partial charge in [-0.1, -0.05) is 0 Å². The van der Waals surface area contributed by atoms with Crippen molar-refractivity contribution in [1.82, 2.24) is 25.4 Å². The molecule has 3 aromatic rings. The van der Waals surface area contributed by atoms with Crippen molar-refractivity contribution in [2.75, 3.05) is 62.5 Å². The number of piperidine rings is 2. The number of carbonyl (C=O) groups is 3. The van der Waals surface area contributed by atoms with Crippen molar-refractivity contribution < 1.29 is 19.1 Å². The van der Waals surface area contributed by atoms with Crippen molar-refractivity contribution in [2.24, 2.45) is 11.7 Å². The number of amides is 3. The number of nitrogens with one attached hydrogen (secondary N) is 2. The van der Waals surface area contributed by atoms with E-state index in [9.17, 15) is 14.4 Å². The highest BCUT2D eigenvalue weighted by Gasteiger charge is 2.27. The van der Waals surface area contributed by atoms with Gasteiger partial charge < -0.3 is 35.8 Å². The van der Waals surface area contributed by atoms with Gasteiger partial charge in [0.05, 0.1) is 7.11 Å². The maximum absolute atomic E-state index is 12.8. The molecule has 44 heavy (non-hydrogen) atoms. The summed E-state index contributed by atoms with van der Waals surface area (Å²) in [5.74, 6) is 0.577. The topological polar surface area (TPSA) is 159 Å². The summed E-state index contributed by atoms with van der Waals surface area (Å²) in [4.78, 5) is 47.8. The molecule has 0 saturated carbocycles. The number of methoxy groups -OCH3 is 1. The van der Waals surface area contributed by atoms with Crippen molar-refractivity contribution in [1.29, 1.82) is 0 Å². The highest BCUT2D eigenvalue weighted by atomic mass is 16.5. The fourth-order valence-electron chi connectivity index (χ4n) is 5.63. The van der Waals surface area contributed by atoms with E-state index in [1.807, 2.05) is 29.2 Å². The number of hydrogen-bond acceptors (Lipinski definition) is 10. The van der Waals surface area contributed by atoms with Gasteiger partial charge in [0.25, 0.3) is 11.8 Å². The summed E-state index contributed by atoms with van der Waals surface area (Å²) in [5, 5.41) is 14.6. The molecule has 2 aliphatic rings. The Bertz CT molecular complexity index is 1470. The summed E-state index contributed by atoms with van der Waals surface area (Å²) in [7, 11) is 5.18. The molecule has 1 atom stereocenters. The SMILES string of the molecule is COc1ccc(C(=O)NC2CCCN(c3nnc(C(N)=O)c(Nc4ccc(N5CCC(C(=O)N(C)C)CC5)cc4)n3)C2)cc1. The summed E-state index contributed by atoms with van der Waals surface area (Å²) >= 11 is 0. The van der Waals surface area contributed by atoms with Crippen molar-refractivity contribution in [2.45, 2.75) is 31.7 Å². The first-order valence-electron chi connectivity index (χ1n) is 14.8. The first-order chi connectivity index (χ1) is 21.2. The van der Waals surface area contributed by atoms with E-state index >= 15 is 0 Å². The molecule has 2 saturated heterocycles. The van der Waals surface area contributed by atoms with Crippen LogP contribution in [0.25, 0.3) is 0 Å². The van der Waals surface area contributed by atoms with Crippen molar-refractivity contribution >= 4 is 40.9 Å². The molecule has 232 valence electrons. The van der Waals surface area contributed by atoms with E-state index in [0.29, 0.717) is 36.0 Å². The van der Waals surface area contributed by atoms with Gasteiger partial charge in [-0.2, -0.15) is 4.98 Å². The maximum Gasteiger partial charge on any atom is 0.273 e. The summed E-state index contributed by atoms with van der Waals surface area (Å²) in [5.41, 5.74) is 7.85. The van der Waals surface area contributed by atoms with E-state index in [4.69, 9.17) is 10.5 Å². The lowest BCUT2D eigenvalue weighted by molar-refractivity contribution is -0.133. The number of ether oxygens (including phenoxy) is 1. The maximum atomic E-state index is 12.8. The summed E-state index contributed by atoms with van der Waals surface area (Å²) in [6, 6.07) is 14.6. The monoisotopic (exact) mass is 601 g/mol. The Morgan fingerprint density at radius 1 is 0.932 bits per heavy atom. The minimum atomic E-state index is -0.742. The van der Waals surface area contributed by atoms with Crippen LogP contribution >= 0.6 is 0 Å². The smallest absolute Gasteiger partial charge is 0.273 e. The molecule has 13 heteroatoms. The quantitative estimate of drug-likeness (QED) is 0.333. The molecule has 0 bridgehead atoms. The Morgan fingerprint density at radius 2 is 1.64 bits per heavy atom. The van der Waals surface area contributed by atoms with Gasteiger partial charge in [-0.25, -0.2) is 0 Å². The van der Waals surface area contributed by atoms with Gasteiger partial charge in [0.1, 0.15) is 5.75 Å². The van der Waals surface area contributed by atoms with Gasteiger partial charge in [-0.15, -0.1) is 10.2 Å². The molecule has 2 fully saturated rings. The predicted octanol–water partition coefficient (Wildman–Crippen LogP) is 2.43. The number of rotatable bonds is 9. The largest absolute Gasteiger partial charge is 0.497 e. The first-order valence-corrected chi connectivity index (χ1v) is 14.8. The summed E-state index contributed by atoms with van der Waals surface area (Å²) in [6.07, 6.45) is 3.26. The standard InChI is InChI=1S/C31H39N9O4/c1-38(2)30(43)21-14-17-39(18-15-21)24-10-8-22(9-11-24)33-28-26(27(32)41)36-37-31(35-28)40-16-4-5-23(19-40)34-29(42)20-6-12-25(44-3)13-7-20/h6-13,21,23H,4-5,14-19H2,1-3H3,(H2,32,41)(H,34,42)(H,33,35,37). The number of benzene rings is 2. The van der Waals surface area contributed by atoms with Crippen LogP contribution in [0.15, 0.2) is 48.5 Å². The lowest BCUT2D eigenvalue weighted by atomic mass is 9.95. The first kappa shape index (κ1) is 30.5. The highest BCUT2D eigenvalue weighted by molar-refractivity contribution is 5.96. The van der Waals surface area contributed by atoms with Crippen LogP contribution in [0.4, 0.5) is 23.1 Å². The Balaban J connectivity index is 1.24. The lowest BCUT2D eigenvalue weighted by Crippen LogP contribution is -2.48. The number of hydrogen-bond donors (Lipinski definition) is 3. The van der Waals surface area contributed by atoms with E-state index < -0.39 is 5.91 Å². The third-order valence-electron chi connectivity index (χ3n) is 8.08. The predicted molar refractivity (Wildman–Crippen MR) is 167 cm³/mol. The highest BCUT2D eigenvalue weighted by Crippen LogP contribution is 2.27. The van der Waals surface area contributed by atoms with Gasteiger partial charge >= 0.3 is 0 Å². The number of carbonyl (C=O) groups excluding carboxylic acids is 3. The van der Waals surface area contributed by atoms with Crippen LogP contribution in [0, 0.1) is 5.92 Å². The molecule has 0 radical (unpaired) electrons. The summed E-state index contributed by atoms with van der Waals surface area (Å²) < 4.78 is 5.17. The van der Waals surface area contributed by atoms with Crippen LogP contribution in [0.5, 0.6) is 5.75 Å². The average Bonchev–Trinajstić information content (AvgIpc) is 3.05. The Kier molecular flexibility index (Phi) is 9.41. The van der Waals surface area contributed by atoms with E-state index in [1.54, 1.807) is 50.4 Å². The molecule has 0 aliphatic carbocycles. The van der Waals surface area contributed by atoms with E-state index in [1.165, 1.54) is 0 Å². The molecule has 0 spiro atoms. The Morgan fingerprint density at radius 3 is 2.27 bits per heavy atom. The number of nitrogens with zero attached hydrogens (tertiary/aromatic N) is 6. The number of anilines is 4.